The predicted molar refractivity (Wildman–Crippen MR) is 214 cm³/mol. The van der Waals surface area contributed by atoms with Crippen LogP contribution in [-0.2, 0) is 48.3 Å². The van der Waals surface area contributed by atoms with Crippen molar-refractivity contribution >= 4 is 35.3 Å². The van der Waals surface area contributed by atoms with Gasteiger partial charge in [-0.1, -0.05) is 127 Å². The van der Waals surface area contributed by atoms with Crippen molar-refractivity contribution in [1.29, 1.82) is 0 Å². The largest absolute Gasteiger partial charge is 0.625 e. The molecule has 0 spiro atoms. The molecule has 2 heterocycles. The van der Waals surface area contributed by atoms with Crippen LogP contribution in [-0.4, -0.2) is 69.7 Å². The number of halogens is 3. The summed E-state index contributed by atoms with van der Waals surface area (Å²) >= 11 is 0. The monoisotopic (exact) mass is 859 g/mol. The van der Waals surface area contributed by atoms with Gasteiger partial charge in [-0.15, -0.1) is 5.69 Å². The van der Waals surface area contributed by atoms with Gasteiger partial charge in [0, 0.05) is 40.9 Å². The number of carboxylic acid groups (broad SMARTS) is 1. The molecule has 312 valence electrons. The van der Waals surface area contributed by atoms with E-state index in [9.17, 15) is 37.5 Å². The van der Waals surface area contributed by atoms with E-state index in [2.05, 4.69) is 10.2 Å². The number of likely N-dealkylation sites (tertiary alicyclic amines) is 1. The van der Waals surface area contributed by atoms with Crippen LogP contribution in [0.3, 0.4) is 0 Å². The van der Waals surface area contributed by atoms with E-state index in [0.717, 1.165) is 41.1 Å². The smallest absolute Gasteiger partial charge is 0.417 e. The number of cyclic esters (lactones) is 1. The summed E-state index contributed by atoms with van der Waals surface area (Å²) < 4.78 is 46.4. The van der Waals surface area contributed by atoms with Gasteiger partial charge >= 0.3 is 18.2 Å². The number of carbonyl (C=O) groups is 4. The van der Waals surface area contributed by atoms with Crippen molar-refractivity contribution in [2.24, 2.45) is 4.99 Å². The topological polar surface area (TPSA) is 131 Å². The molecular formula is C46H40F3N4NiO6-. The number of aliphatic carboxylic acids is 1. The number of para-hydroxylation sites is 1. The Bertz CT molecular complexity index is 2310. The third-order valence-corrected chi connectivity index (χ3v) is 10.6. The molecule has 2 saturated heterocycles. The van der Waals surface area contributed by atoms with Crippen molar-refractivity contribution < 1.29 is 58.7 Å². The first-order chi connectivity index (χ1) is 28.5. The van der Waals surface area contributed by atoms with Gasteiger partial charge in [-0.3, -0.25) is 14.7 Å². The van der Waals surface area contributed by atoms with Gasteiger partial charge in [-0.25, -0.2) is 14.5 Å². The van der Waals surface area contributed by atoms with Gasteiger partial charge in [0.15, 0.2) is 6.04 Å². The number of ether oxygens (including phenoxy) is 1. The van der Waals surface area contributed by atoms with Crippen LogP contribution in [0.5, 0.6) is 0 Å². The molecular weight excluding hydrogens is 820 g/mol. The standard InChI is InChI=1S/C46H41F3N4O6.Ni/c47-46(48,49)34-24-22-31(23-25-34)36(27-40(54)53-39(29-59-45(53)58)32-15-6-2-7-16-32)42(44(56)57)51-41(33-17-8-3-9-18-33)35-19-10-11-20-37(35)50-43(55)38-21-12-26-52(38)28-30-13-4-1-5-14-30;/h1-11,13-20,22-25,36,38-39,42H,12,21,26-29H2,(H2,50,51,55,56,57);/p-1/t36-,38+,39-,42+;/m1./s1. The molecule has 0 aromatic heterocycles. The fourth-order valence-corrected chi connectivity index (χ4v) is 7.66. The summed E-state index contributed by atoms with van der Waals surface area (Å²) in [4.78, 5) is 62.4. The van der Waals surface area contributed by atoms with Crippen LogP contribution in [0.25, 0.3) is 5.32 Å². The van der Waals surface area contributed by atoms with Crippen LogP contribution in [0, 0.1) is 0 Å². The minimum absolute atomic E-state index is 0. The number of carboxylic acids is 1. The Hall–Kier alpha value is -6.11. The number of benzene rings is 5. The fraction of sp³-hybridized carbons (Fsp3) is 0.239. The molecule has 4 atom stereocenters. The zero-order chi connectivity index (χ0) is 41.5. The number of nitrogens with zero attached hydrogens (tertiary/aromatic N) is 4. The first kappa shape index (κ1) is 43.5. The average molecular weight is 861 g/mol. The van der Waals surface area contributed by atoms with Gasteiger partial charge < -0.3 is 20.0 Å². The van der Waals surface area contributed by atoms with Crippen molar-refractivity contribution in [1.82, 2.24) is 9.80 Å². The summed E-state index contributed by atoms with van der Waals surface area (Å²) in [5.41, 5.74) is 1.93. The van der Waals surface area contributed by atoms with Gasteiger partial charge in [-0.2, -0.15) is 13.2 Å². The molecule has 2 fully saturated rings. The van der Waals surface area contributed by atoms with Gasteiger partial charge in [0.25, 0.3) is 0 Å². The molecule has 0 aliphatic carbocycles. The Labute approximate surface area is 355 Å². The Morgan fingerprint density at radius 2 is 1.45 bits per heavy atom. The van der Waals surface area contributed by atoms with Gasteiger partial charge in [0.05, 0.1) is 23.2 Å². The number of imide groups is 1. The quantitative estimate of drug-likeness (QED) is 0.0924. The van der Waals surface area contributed by atoms with Crippen molar-refractivity contribution in [2.45, 2.75) is 56.0 Å². The molecule has 0 radical (unpaired) electrons. The van der Waals surface area contributed by atoms with E-state index >= 15 is 0 Å². The van der Waals surface area contributed by atoms with E-state index in [1.54, 1.807) is 84.9 Å². The third-order valence-electron chi connectivity index (χ3n) is 10.6. The molecule has 2 aliphatic rings. The van der Waals surface area contributed by atoms with E-state index < -0.39 is 60.2 Å². The first-order valence-electron chi connectivity index (χ1n) is 19.2. The van der Waals surface area contributed by atoms with Crippen LogP contribution in [0.4, 0.5) is 23.7 Å². The Morgan fingerprint density at radius 3 is 2.10 bits per heavy atom. The van der Waals surface area contributed by atoms with Crippen LogP contribution < -0.4 is 0 Å². The van der Waals surface area contributed by atoms with E-state index in [4.69, 9.17) is 9.73 Å². The Balaban J connectivity index is 0.00000604. The normalized spacial score (nSPS) is 17.9. The molecule has 14 heteroatoms. The average Bonchev–Trinajstić information content (AvgIpc) is 3.88. The van der Waals surface area contributed by atoms with E-state index in [1.165, 1.54) is 0 Å². The van der Waals surface area contributed by atoms with Crippen LogP contribution in [0.2, 0.25) is 0 Å². The number of aliphatic imine (C=N–C) groups is 1. The zero-order valence-electron chi connectivity index (χ0n) is 32.1. The van der Waals surface area contributed by atoms with Crippen molar-refractivity contribution in [3.63, 3.8) is 0 Å². The SMILES string of the molecule is O=C(O)[C@@H](N=C(c1ccccc1)c1ccccc1[N-]C(=O)[C@@H]1CCCN1Cc1ccccc1)[C@H](CC(=O)N1C(=O)OC[C@@H]1c1ccccc1)c1ccc(C(F)(F)F)cc1.[Ni]. The molecule has 2 aliphatic heterocycles. The maximum Gasteiger partial charge on any atom is 0.417 e. The maximum atomic E-state index is 14.2. The van der Waals surface area contributed by atoms with Crippen molar-refractivity contribution in [3.8, 4) is 0 Å². The number of hydrogen-bond donors (Lipinski definition) is 1. The summed E-state index contributed by atoms with van der Waals surface area (Å²) in [6, 6.07) is 34.6. The minimum Gasteiger partial charge on any atom is -0.625 e. The van der Waals surface area contributed by atoms with Gasteiger partial charge in [-0.05, 0) is 53.8 Å². The zero-order valence-corrected chi connectivity index (χ0v) is 33.0. The van der Waals surface area contributed by atoms with Crippen LogP contribution >= 0.6 is 0 Å². The summed E-state index contributed by atoms with van der Waals surface area (Å²) in [7, 11) is 0. The second kappa shape index (κ2) is 19.3. The number of amides is 3. The number of carbonyl (C=O) groups excluding carboxylic acids is 3. The molecule has 0 unspecified atom stereocenters. The minimum atomic E-state index is -4.68. The molecule has 60 heavy (non-hydrogen) atoms. The summed E-state index contributed by atoms with van der Waals surface area (Å²) in [6.45, 7) is 1.14. The third kappa shape index (κ3) is 10.0. The van der Waals surface area contributed by atoms with Crippen molar-refractivity contribution in [3.05, 3.63) is 178 Å². The first-order valence-corrected chi connectivity index (χ1v) is 19.2. The second-order valence-electron chi connectivity index (χ2n) is 14.4. The number of hydrogen-bond acceptors (Lipinski definition) is 7. The summed E-state index contributed by atoms with van der Waals surface area (Å²) in [5, 5.41) is 15.5. The molecule has 1 N–H and O–H groups in total. The summed E-state index contributed by atoms with van der Waals surface area (Å²) in [6.07, 6.45) is -4.83. The Morgan fingerprint density at radius 1 is 0.833 bits per heavy atom. The maximum absolute atomic E-state index is 14.2. The Kier molecular flexibility index (Phi) is 14.0. The van der Waals surface area contributed by atoms with Crippen LogP contribution in [0.1, 0.15) is 64.6 Å². The molecule has 3 amide bonds. The number of rotatable bonds is 13. The number of alkyl halides is 3. The van der Waals surface area contributed by atoms with E-state index in [1.807, 2.05) is 30.3 Å². The van der Waals surface area contributed by atoms with Crippen molar-refractivity contribution in [2.75, 3.05) is 13.2 Å². The molecule has 7 rings (SSSR count). The molecule has 0 bridgehead atoms. The summed E-state index contributed by atoms with van der Waals surface area (Å²) in [5.74, 6) is -4.02. The molecule has 5 aromatic rings. The van der Waals surface area contributed by atoms with Gasteiger partial charge in [0.1, 0.15) is 12.6 Å². The predicted octanol–water partition coefficient (Wildman–Crippen LogP) is 9.08. The van der Waals surface area contributed by atoms with Crippen LogP contribution in [0.15, 0.2) is 145 Å². The fourth-order valence-electron chi connectivity index (χ4n) is 7.66. The molecule has 5 aromatic carbocycles. The van der Waals surface area contributed by atoms with E-state index in [0.29, 0.717) is 36.2 Å². The second-order valence-corrected chi connectivity index (χ2v) is 14.4. The van der Waals surface area contributed by atoms with E-state index in [-0.39, 0.29) is 46.0 Å². The van der Waals surface area contributed by atoms with Gasteiger partial charge in [0.2, 0.25) is 5.91 Å². The molecule has 0 saturated carbocycles. The molecule has 10 nitrogen and oxygen atoms in total.